The van der Waals surface area contributed by atoms with Gasteiger partial charge >= 0.3 is 0 Å². The van der Waals surface area contributed by atoms with Crippen molar-refractivity contribution in [1.82, 2.24) is 5.32 Å². The Labute approximate surface area is 106 Å². The van der Waals surface area contributed by atoms with Crippen LogP contribution in [0.25, 0.3) is 0 Å². The van der Waals surface area contributed by atoms with Gasteiger partial charge in [-0.3, -0.25) is 4.79 Å². The second-order valence-corrected chi connectivity index (χ2v) is 4.39. The first-order chi connectivity index (χ1) is 7.62. The van der Waals surface area contributed by atoms with E-state index in [-0.39, 0.29) is 11.7 Å². The molecule has 0 aromatic carbocycles. The Morgan fingerprint density at radius 3 is 1.94 bits per heavy atom. The summed E-state index contributed by atoms with van der Waals surface area (Å²) in [4.78, 5) is 9.68. The average Bonchev–Trinajstić information content (AvgIpc) is 2.18. The van der Waals surface area contributed by atoms with Crippen LogP contribution in [-0.4, -0.2) is 24.2 Å². The highest BCUT2D eigenvalue weighted by Gasteiger charge is 2.14. The zero-order chi connectivity index (χ0) is 12.8. The molecule has 0 atom stereocenters. The SMILES string of the molecule is CC(=O)CCl.CCC.CCCNC1CCC1. The summed E-state index contributed by atoms with van der Waals surface area (Å²) in [5.41, 5.74) is 0. The molecule has 0 aromatic rings. The Balaban J connectivity index is 0. The molecule has 0 aromatic heterocycles. The molecule has 1 aliphatic rings. The van der Waals surface area contributed by atoms with Crippen molar-refractivity contribution in [2.45, 2.75) is 65.8 Å². The van der Waals surface area contributed by atoms with Crippen molar-refractivity contribution in [3.63, 3.8) is 0 Å². The third-order valence-corrected chi connectivity index (χ3v) is 2.35. The Hall–Kier alpha value is -0.0800. The number of carbonyl (C=O) groups excluding carboxylic acids is 1. The van der Waals surface area contributed by atoms with Gasteiger partial charge in [0.25, 0.3) is 0 Å². The van der Waals surface area contributed by atoms with Crippen molar-refractivity contribution in [2.75, 3.05) is 12.4 Å². The normalized spacial score (nSPS) is 13.8. The maximum Gasteiger partial charge on any atom is 0.144 e. The molecule has 0 unspecified atom stereocenters. The molecule has 1 fully saturated rings. The Morgan fingerprint density at radius 1 is 1.31 bits per heavy atom. The second-order valence-electron chi connectivity index (χ2n) is 4.12. The van der Waals surface area contributed by atoms with Crippen LogP contribution in [0.15, 0.2) is 0 Å². The topological polar surface area (TPSA) is 29.1 Å². The molecule has 3 heteroatoms. The van der Waals surface area contributed by atoms with Crippen molar-refractivity contribution >= 4 is 17.4 Å². The molecule has 1 rings (SSSR count). The molecule has 0 aliphatic heterocycles. The third kappa shape index (κ3) is 16.4. The third-order valence-electron chi connectivity index (χ3n) is 1.98. The van der Waals surface area contributed by atoms with Gasteiger partial charge in [0.2, 0.25) is 0 Å². The fourth-order valence-corrected chi connectivity index (χ4v) is 0.961. The van der Waals surface area contributed by atoms with Gasteiger partial charge in [0, 0.05) is 6.04 Å². The number of ketones is 1. The standard InChI is InChI=1S/C7H15N.C3H5ClO.C3H8/c1-2-6-8-7-4-3-5-7;1-3(5)2-4;1-3-2/h7-8H,2-6H2,1H3;2H2,1H3;3H2,1-2H3. The van der Waals surface area contributed by atoms with Gasteiger partial charge in [0.1, 0.15) is 5.78 Å². The number of hydrogen-bond donors (Lipinski definition) is 1. The largest absolute Gasteiger partial charge is 0.314 e. The first-order valence-electron chi connectivity index (χ1n) is 6.40. The van der Waals surface area contributed by atoms with E-state index in [1.807, 2.05) is 0 Å². The van der Waals surface area contributed by atoms with E-state index in [0.29, 0.717) is 0 Å². The maximum absolute atomic E-state index is 9.68. The van der Waals surface area contributed by atoms with Gasteiger partial charge in [-0.25, -0.2) is 0 Å². The van der Waals surface area contributed by atoms with Crippen LogP contribution in [0.2, 0.25) is 0 Å². The molecule has 2 nitrogen and oxygen atoms in total. The van der Waals surface area contributed by atoms with E-state index in [4.69, 9.17) is 11.6 Å². The number of hydrogen-bond acceptors (Lipinski definition) is 2. The van der Waals surface area contributed by atoms with Gasteiger partial charge in [0.05, 0.1) is 5.88 Å². The zero-order valence-corrected chi connectivity index (χ0v) is 12.1. The molecule has 0 saturated heterocycles. The lowest BCUT2D eigenvalue weighted by molar-refractivity contribution is -0.114. The minimum Gasteiger partial charge on any atom is -0.314 e. The lowest BCUT2D eigenvalue weighted by Gasteiger charge is -2.26. The van der Waals surface area contributed by atoms with Crippen molar-refractivity contribution < 1.29 is 4.79 Å². The summed E-state index contributed by atoms with van der Waals surface area (Å²) in [6, 6.07) is 0.884. The van der Waals surface area contributed by atoms with Crippen molar-refractivity contribution in [2.24, 2.45) is 0 Å². The Kier molecular flexibility index (Phi) is 17.1. The molecular weight excluding hydrogens is 222 g/mol. The van der Waals surface area contributed by atoms with Gasteiger partial charge in [0.15, 0.2) is 0 Å². The summed E-state index contributed by atoms with van der Waals surface area (Å²) >= 11 is 4.99. The molecule has 98 valence electrons. The van der Waals surface area contributed by atoms with Crippen molar-refractivity contribution in [3.8, 4) is 0 Å². The van der Waals surface area contributed by atoms with Crippen LogP contribution in [0, 0.1) is 0 Å². The highest BCUT2D eigenvalue weighted by Crippen LogP contribution is 2.17. The molecule has 16 heavy (non-hydrogen) atoms. The van der Waals surface area contributed by atoms with Gasteiger partial charge in [-0.15, -0.1) is 11.6 Å². The molecule has 0 heterocycles. The van der Waals surface area contributed by atoms with Gasteiger partial charge in [-0.2, -0.15) is 0 Å². The van der Waals surface area contributed by atoms with Crippen LogP contribution in [0.5, 0.6) is 0 Å². The number of halogens is 1. The van der Waals surface area contributed by atoms with E-state index < -0.39 is 0 Å². The Bertz CT molecular complexity index is 147. The zero-order valence-electron chi connectivity index (χ0n) is 11.3. The smallest absolute Gasteiger partial charge is 0.144 e. The summed E-state index contributed by atoms with van der Waals surface area (Å²) in [7, 11) is 0. The quantitative estimate of drug-likeness (QED) is 0.769. The monoisotopic (exact) mass is 249 g/mol. The number of carbonyl (C=O) groups is 1. The van der Waals surface area contributed by atoms with Crippen LogP contribution < -0.4 is 5.32 Å². The lowest BCUT2D eigenvalue weighted by atomic mass is 9.93. The molecule has 0 spiro atoms. The summed E-state index contributed by atoms with van der Waals surface area (Å²) in [6.07, 6.45) is 6.80. The van der Waals surface area contributed by atoms with Crippen LogP contribution in [0.1, 0.15) is 59.8 Å². The van der Waals surface area contributed by atoms with E-state index in [2.05, 4.69) is 26.1 Å². The number of alkyl halides is 1. The lowest BCUT2D eigenvalue weighted by Crippen LogP contribution is -2.35. The van der Waals surface area contributed by atoms with Crippen molar-refractivity contribution in [3.05, 3.63) is 0 Å². The van der Waals surface area contributed by atoms with Crippen LogP contribution >= 0.6 is 11.6 Å². The van der Waals surface area contributed by atoms with E-state index in [9.17, 15) is 4.79 Å². The van der Waals surface area contributed by atoms with Gasteiger partial charge < -0.3 is 5.32 Å². The highest BCUT2D eigenvalue weighted by atomic mass is 35.5. The average molecular weight is 250 g/mol. The number of nitrogens with one attached hydrogen (secondary N) is 1. The summed E-state index contributed by atoms with van der Waals surface area (Å²) < 4.78 is 0. The molecule has 0 radical (unpaired) electrons. The first-order valence-corrected chi connectivity index (χ1v) is 6.94. The highest BCUT2D eigenvalue weighted by molar-refractivity contribution is 6.27. The van der Waals surface area contributed by atoms with E-state index in [1.165, 1.54) is 45.6 Å². The van der Waals surface area contributed by atoms with Gasteiger partial charge in [-0.1, -0.05) is 33.6 Å². The van der Waals surface area contributed by atoms with Crippen LogP contribution in [0.3, 0.4) is 0 Å². The molecule has 0 bridgehead atoms. The molecule has 0 amide bonds. The molecular formula is C13H28ClNO. The second kappa shape index (κ2) is 14.9. The fourth-order valence-electron chi connectivity index (χ4n) is 0.961. The minimum atomic E-state index is 0.0201. The van der Waals surface area contributed by atoms with E-state index in [1.54, 1.807) is 0 Å². The predicted octanol–water partition coefficient (Wildman–Crippen LogP) is 3.77. The van der Waals surface area contributed by atoms with Crippen LogP contribution in [-0.2, 0) is 4.79 Å². The summed E-state index contributed by atoms with van der Waals surface area (Å²) in [5.74, 6) is 0.159. The molecule has 1 N–H and O–H groups in total. The minimum absolute atomic E-state index is 0.0201. The van der Waals surface area contributed by atoms with Crippen molar-refractivity contribution in [1.29, 1.82) is 0 Å². The number of Topliss-reactive ketones (excluding diaryl/α,β-unsaturated/α-hetero) is 1. The van der Waals surface area contributed by atoms with E-state index >= 15 is 0 Å². The Morgan fingerprint density at radius 2 is 1.75 bits per heavy atom. The maximum atomic E-state index is 9.68. The number of rotatable bonds is 4. The molecule has 1 saturated carbocycles. The predicted molar refractivity (Wildman–Crippen MR) is 73.3 cm³/mol. The van der Waals surface area contributed by atoms with Crippen LogP contribution in [0.4, 0.5) is 0 Å². The fraction of sp³-hybridized carbons (Fsp3) is 0.923. The van der Waals surface area contributed by atoms with E-state index in [0.717, 1.165) is 6.04 Å². The van der Waals surface area contributed by atoms with Gasteiger partial charge in [-0.05, 0) is 32.7 Å². The summed E-state index contributed by atoms with van der Waals surface area (Å²) in [5, 5.41) is 3.47. The summed E-state index contributed by atoms with van der Waals surface area (Å²) in [6.45, 7) is 9.13. The first kappa shape index (κ1) is 18.3. The molecule has 1 aliphatic carbocycles.